The number of pyridine rings is 1. The predicted octanol–water partition coefficient (Wildman–Crippen LogP) is 2.18. The van der Waals surface area contributed by atoms with Crippen molar-refractivity contribution in [3.05, 3.63) is 24.0 Å². The molecule has 1 aliphatic rings. The minimum absolute atomic E-state index is 0.299. The Morgan fingerprint density at radius 1 is 1.31 bits per heavy atom. The van der Waals surface area contributed by atoms with Crippen LogP contribution in [0.4, 0.5) is 5.69 Å². The summed E-state index contributed by atoms with van der Waals surface area (Å²) in [5.74, 6) is 6.56. The van der Waals surface area contributed by atoms with Crippen LogP contribution in [0.5, 0.6) is 0 Å². The van der Waals surface area contributed by atoms with Gasteiger partial charge in [-0.15, -0.1) is 0 Å². The zero-order chi connectivity index (χ0) is 20.7. The fourth-order valence-corrected chi connectivity index (χ4v) is 3.20. The second-order valence-electron chi connectivity index (χ2n) is 6.88. The van der Waals surface area contributed by atoms with E-state index in [2.05, 4.69) is 33.1 Å². The first-order valence-electron chi connectivity index (χ1n) is 10.3. The Morgan fingerprint density at radius 3 is 2.79 bits per heavy atom. The van der Waals surface area contributed by atoms with Crippen LogP contribution < -0.4 is 10.2 Å². The molecule has 0 saturated carbocycles. The zero-order valence-electron chi connectivity index (χ0n) is 17.5. The SMILES string of the molecule is CCOC(CCN(CC1CCOCC1)c1ccc(C#N)nc1)OCC#CCNC. The van der Waals surface area contributed by atoms with Crippen molar-refractivity contribution >= 4 is 5.69 Å². The Labute approximate surface area is 174 Å². The Kier molecular flexibility index (Phi) is 11.1. The molecule has 1 unspecified atom stereocenters. The molecule has 2 rings (SSSR count). The first kappa shape index (κ1) is 23.1. The van der Waals surface area contributed by atoms with Crippen molar-refractivity contribution in [3.8, 4) is 17.9 Å². The molecular formula is C22H32N4O3. The van der Waals surface area contributed by atoms with E-state index in [9.17, 15) is 0 Å². The third-order valence-electron chi connectivity index (χ3n) is 4.77. The van der Waals surface area contributed by atoms with Gasteiger partial charge in [-0.05, 0) is 44.9 Å². The van der Waals surface area contributed by atoms with Crippen LogP contribution in [0.2, 0.25) is 0 Å². The summed E-state index contributed by atoms with van der Waals surface area (Å²) in [6, 6.07) is 5.80. The van der Waals surface area contributed by atoms with Crippen molar-refractivity contribution in [1.82, 2.24) is 10.3 Å². The lowest BCUT2D eigenvalue weighted by atomic mass is 9.99. The molecule has 0 amide bonds. The van der Waals surface area contributed by atoms with Crippen molar-refractivity contribution in [3.63, 3.8) is 0 Å². The second-order valence-corrected chi connectivity index (χ2v) is 6.88. The molecule has 0 radical (unpaired) electrons. The van der Waals surface area contributed by atoms with Crippen LogP contribution >= 0.6 is 0 Å². The van der Waals surface area contributed by atoms with E-state index in [0.717, 1.165) is 51.3 Å². The number of nitrogens with zero attached hydrogens (tertiary/aromatic N) is 3. The summed E-state index contributed by atoms with van der Waals surface area (Å²) in [6.07, 6.45) is 4.33. The lowest BCUT2D eigenvalue weighted by Gasteiger charge is -2.32. The summed E-state index contributed by atoms with van der Waals surface area (Å²) in [7, 11) is 1.86. The lowest BCUT2D eigenvalue weighted by Crippen LogP contribution is -2.35. The van der Waals surface area contributed by atoms with E-state index >= 15 is 0 Å². The van der Waals surface area contributed by atoms with Crippen LogP contribution in [0.3, 0.4) is 0 Å². The number of aromatic nitrogens is 1. The molecule has 1 aliphatic heterocycles. The summed E-state index contributed by atoms with van der Waals surface area (Å²) in [4.78, 5) is 6.55. The molecule has 1 saturated heterocycles. The summed E-state index contributed by atoms with van der Waals surface area (Å²) in [5.41, 5.74) is 1.44. The van der Waals surface area contributed by atoms with Crippen molar-refractivity contribution in [1.29, 1.82) is 5.26 Å². The zero-order valence-corrected chi connectivity index (χ0v) is 17.5. The molecule has 0 bridgehead atoms. The van der Waals surface area contributed by atoms with E-state index in [4.69, 9.17) is 19.5 Å². The minimum atomic E-state index is -0.299. The van der Waals surface area contributed by atoms with Crippen molar-refractivity contribution < 1.29 is 14.2 Å². The molecule has 29 heavy (non-hydrogen) atoms. The van der Waals surface area contributed by atoms with E-state index in [1.807, 2.05) is 20.0 Å². The highest BCUT2D eigenvalue weighted by molar-refractivity contribution is 5.46. The number of rotatable bonds is 11. The third kappa shape index (κ3) is 8.81. The monoisotopic (exact) mass is 400 g/mol. The number of anilines is 1. The normalized spacial score (nSPS) is 15.2. The summed E-state index contributed by atoms with van der Waals surface area (Å²) >= 11 is 0. The third-order valence-corrected chi connectivity index (χ3v) is 4.77. The molecule has 1 atom stereocenters. The predicted molar refractivity (Wildman–Crippen MR) is 112 cm³/mol. The molecule has 7 nitrogen and oxygen atoms in total. The van der Waals surface area contributed by atoms with Gasteiger partial charge in [-0.25, -0.2) is 4.98 Å². The molecule has 7 heteroatoms. The van der Waals surface area contributed by atoms with Gasteiger partial charge in [0, 0.05) is 39.3 Å². The number of ether oxygens (including phenoxy) is 3. The summed E-state index contributed by atoms with van der Waals surface area (Å²) < 4.78 is 17.1. The highest BCUT2D eigenvalue weighted by Gasteiger charge is 2.20. The smallest absolute Gasteiger partial charge is 0.160 e. The van der Waals surface area contributed by atoms with Crippen LogP contribution in [0.25, 0.3) is 0 Å². The molecule has 1 N–H and O–H groups in total. The molecule has 0 aromatic carbocycles. The molecule has 1 aromatic rings. The van der Waals surface area contributed by atoms with Crippen molar-refractivity contribution in [2.75, 3.05) is 58.0 Å². The second kappa shape index (κ2) is 13.9. The molecule has 1 fully saturated rings. The van der Waals surface area contributed by atoms with Crippen LogP contribution in [0, 0.1) is 29.1 Å². The maximum atomic E-state index is 9.01. The Hall–Kier alpha value is -2.16. The van der Waals surface area contributed by atoms with E-state index < -0.39 is 0 Å². The van der Waals surface area contributed by atoms with Gasteiger partial charge in [0.05, 0.1) is 18.4 Å². The van der Waals surface area contributed by atoms with Crippen molar-refractivity contribution in [2.24, 2.45) is 5.92 Å². The first-order chi connectivity index (χ1) is 14.3. The van der Waals surface area contributed by atoms with Gasteiger partial charge < -0.3 is 24.4 Å². The van der Waals surface area contributed by atoms with Gasteiger partial charge >= 0.3 is 0 Å². The summed E-state index contributed by atoms with van der Waals surface area (Å²) in [6.45, 7) is 6.90. The molecule has 2 heterocycles. The van der Waals surface area contributed by atoms with Gasteiger partial charge in [0.15, 0.2) is 6.29 Å². The Balaban J connectivity index is 1.98. The average molecular weight is 401 g/mol. The largest absolute Gasteiger partial charge is 0.381 e. The van der Waals surface area contributed by atoms with Crippen LogP contribution in [-0.4, -0.2) is 64.4 Å². The van der Waals surface area contributed by atoms with Gasteiger partial charge in [-0.2, -0.15) is 5.26 Å². The highest BCUT2D eigenvalue weighted by Crippen LogP contribution is 2.22. The maximum Gasteiger partial charge on any atom is 0.160 e. The molecule has 1 aromatic heterocycles. The quantitative estimate of drug-likeness (QED) is 0.450. The maximum absolute atomic E-state index is 9.01. The van der Waals surface area contributed by atoms with E-state index in [-0.39, 0.29) is 6.29 Å². The lowest BCUT2D eigenvalue weighted by molar-refractivity contribution is -0.132. The molecule has 0 spiro atoms. The molecule has 158 valence electrons. The van der Waals surface area contributed by atoms with E-state index in [1.165, 1.54) is 0 Å². The van der Waals surface area contributed by atoms with Crippen LogP contribution in [0.15, 0.2) is 18.3 Å². The van der Waals surface area contributed by atoms with Gasteiger partial charge in [-0.1, -0.05) is 11.8 Å². The molecular weight excluding hydrogens is 368 g/mol. The Morgan fingerprint density at radius 2 is 2.14 bits per heavy atom. The topological polar surface area (TPSA) is 79.6 Å². The fraction of sp³-hybridized carbons (Fsp3) is 0.636. The number of hydrogen-bond donors (Lipinski definition) is 1. The fourth-order valence-electron chi connectivity index (χ4n) is 3.20. The van der Waals surface area contributed by atoms with E-state index in [0.29, 0.717) is 31.4 Å². The average Bonchev–Trinajstić information content (AvgIpc) is 2.77. The highest BCUT2D eigenvalue weighted by atomic mass is 16.7. The van der Waals surface area contributed by atoms with Crippen LogP contribution in [-0.2, 0) is 14.2 Å². The van der Waals surface area contributed by atoms with Gasteiger partial charge in [0.1, 0.15) is 18.4 Å². The van der Waals surface area contributed by atoms with Crippen LogP contribution in [0.1, 0.15) is 31.9 Å². The van der Waals surface area contributed by atoms with E-state index in [1.54, 1.807) is 12.3 Å². The molecule has 0 aliphatic carbocycles. The van der Waals surface area contributed by atoms with Gasteiger partial charge in [0.2, 0.25) is 0 Å². The van der Waals surface area contributed by atoms with Crippen molar-refractivity contribution in [2.45, 2.75) is 32.5 Å². The number of hydrogen-bond acceptors (Lipinski definition) is 7. The van der Waals surface area contributed by atoms with Gasteiger partial charge in [0.25, 0.3) is 0 Å². The minimum Gasteiger partial charge on any atom is -0.381 e. The summed E-state index contributed by atoms with van der Waals surface area (Å²) in [5, 5.41) is 12.0. The Bertz CT molecular complexity index is 672. The van der Waals surface area contributed by atoms with Gasteiger partial charge in [-0.3, -0.25) is 0 Å². The number of nitriles is 1. The standard InChI is InChI=1S/C22H32N4O3/c1-3-28-22(29-13-5-4-11-24-2)8-12-26(18-19-9-14-27-15-10-19)21-7-6-20(16-23)25-17-21/h6-7,17,19,22,24H,3,8-15,18H2,1-2H3. The number of nitrogens with one attached hydrogen (secondary N) is 1. The first-order valence-corrected chi connectivity index (χ1v) is 10.3.